The Labute approximate surface area is 111 Å². The zero-order valence-corrected chi connectivity index (χ0v) is 11.3. The van der Waals surface area contributed by atoms with Crippen molar-refractivity contribution < 1.29 is 4.74 Å². The second-order valence-corrected chi connectivity index (χ2v) is 4.32. The van der Waals surface area contributed by atoms with Crippen LogP contribution < -0.4 is 15.6 Å². The zero-order valence-electron chi connectivity index (χ0n) is 11.3. The quantitative estimate of drug-likeness (QED) is 0.872. The van der Waals surface area contributed by atoms with Crippen molar-refractivity contribution in [3.63, 3.8) is 0 Å². The van der Waals surface area contributed by atoms with Crippen molar-refractivity contribution >= 4 is 0 Å². The van der Waals surface area contributed by atoms with Gasteiger partial charge in [0.2, 0.25) is 0 Å². The van der Waals surface area contributed by atoms with Gasteiger partial charge in [-0.3, -0.25) is 4.79 Å². The highest BCUT2D eigenvalue weighted by Crippen LogP contribution is 2.24. The maximum Gasteiger partial charge on any atom is 0.268 e. The summed E-state index contributed by atoms with van der Waals surface area (Å²) in [6, 6.07) is 7.62. The van der Waals surface area contributed by atoms with Crippen LogP contribution in [0.1, 0.15) is 11.1 Å². The maximum atomic E-state index is 11.6. The third-order valence-corrected chi connectivity index (χ3v) is 2.94. The molecule has 0 aliphatic rings. The average molecular weight is 259 g/mol. The molecule has 1 aromatic carbocycles. The molecular weight excluding hydrogens is 242 g/mol. The van der Waals surface area contributed by atoms with Crippen LogP contribution in [-0.4, -0.2) is 24.4 Å². The van der Waals surface area contributed by atoms with Gasteiger partial charge >= 0.3 is 0 Å². The van der Waals surface area contributed by atoms with Crippen LogP contribution in [0.25, 0.3) is 11.3 Å². The second kappa shape index (κ2) is 5.67. The summed E-state index contributed by atoms with van der Waals surface area (Å²) in [7, 11) is 3.45. The lowest BCUT2D eigenvalue weighted by Gasteiger charge is -2.07. The summed E-state index contributed by atoms with van der Waals surface area (Å²) in [5.74, 6) is 0.837. The zero-order chi connectivity index (χ0) is 13.8. The number of hydrogen-bond donors (Lipinski definition) is 2. The van der Waals surface area contributed by atoms with Gasteiger partial charge in [0.25, 0.3) is 5.56 Å². The summed E-state index contributed by atoms with van der Waals surface area (Å²) in [5.41, 5.74) is 3.23. The number of nitrogens with one attached hydrogen (secondary N) is 2. The number of H-pyrrole nitrogens is 1. The normalized spacial score (nSPS) is 10.5. The minimum atomic E-state index is -0.164. The van der Waals surface area contributed by atoms with E-state index in [4.69, 9.17) is 4.74 Å². The molecule has 0 saturated carbocycles. The van der Waals surface area contributed by atoms with Gasteiger partial charge in [-0.05, 0) is 43.8 Å². The van der Waals surface area contributed by atoms with Crippen molar-refractivity contribution in [3.8, 4) is 17.0 Å². The van der Waals surface area contributed by atoms with Crippen molar-refractivity contribution in [2.45, 2.75) is 13.5 Å². The third-order valence-electron chi connectivity index (χ3n) is 2.94. The predicted molar refractivity (Wildman–Crippen MR) is 74.3 cm³/mol. The summed E-state index contributed by atoms with van der Waals surface area (Å²) in [6.45, 7) is 2.49. The number of hydrogen-bond acceptors (Lipinski definition) is 4. The molecule has 0 fully saturated rings. The number of rotatable bonds is 4. The number of methoxy groups -OCH3 is 1. The lowest BCUT2D eigenvalue weighted by molar-refractivity contribution is 0.412. The first-order valence-corrected chi connectivity index (χ1v) is 6.04. The molecule has 5 heteroatoms. The van der Waals surface area contributed by atoms with Gasteiger partial charge in [0.05, 0.1) is 12.8 Å². The predicted octanol–water partition coefficient (Wildman–Crippen LogP) is 1.47. The van der Waals surface area contributed by atoms with Crippen LogP contribution in [0.5, 0.6) is 5.75 Å². The molecule has 2 rings (SSSR count). The standard InChI is InChI=1S/C14H17N3O2/c1-9-6-10(4-5-13(9)19-3)12-7-11(8-15-2)14(18)17-16-12/h4-7,15H,8H2,1-3H3,(H,17,18). The van der Waals surface area contributed by atoms with E-state index in [0.717, 1.165) is 22.6 Å². The Morgan fingerprint density at radius 1 is 1.37 bits per heavy atom. The minimum Gasteiger partial charge on any atom is -0.496 e. The van der Waals surface area contributed by atoms with Crippen LogP contribution in [0.15, 0.2) is 29.1 Å². The fourth-order valence-electron chi connectivity index (χ4n) is 1.95. The Bertz CT molecular complexity index is 635. The van der Waals surface area contributed by atoms with Gasteiger partial charge < -0.3 is 10.1 Å². The van der Waals surface area contributed by atoms with E-state index in [-0.39, 0.29) is 5.56 Å². The van der Waals surface area contributed by atoms with Crippen LogP contribution in [0.4, 0.5) is 0 Å². The Morgan fingerprint density at radius 2 is 2.16 bits per heavy atom. The van der Waals surface area contributed by atoms with E-state index in [0.29, 0.717) is 12.1 Å². The molecule has 5 nitrogen and oxygen atoms in total. The lowest BCUT2D eigenvalue weighted by Crippen LogP contribution is -2.19. The number of aryl methyl sites for hydroxylation is 1. The van der Waals surface area contributed by atoms with Crippen LogP contribution in [0, 0.1) is 6.92 Å². The number of aromatic nitrogens is 2. The molecule has 1 aromatic heterocycles. The SMILES string of the molecule is CNCc1cc(-c2ccc(OC)c(C)c2)n[nH]c1=O. The van der Waals surface area contributed by atoms with E-state index in [1.165, 1.54) is 0 Å². The maximum absolute atomic E-state index is 11.6. The number of ether oxygens (including phenoxy) is 1. The molecule has 0 amide bonds. The molecule has 100 valence electrons. The summed E-state index contributed by atoms with van der Waals surface area (Å²) in [4.78, 5) is 11.6. The second-order valence-electron chi connectivity index (χ2n) is 4.32. The van der Waals surface area contributed by atoms with E-state index in [9.17, 15) is 4.79 Å². The minimum absolute atomic E-state index is 0.164. The van der Waals surface area contributed by atoms with Crippen molar-refractivity contribution in [2.24, 2.45) is 0 Å². The molecule has 0 saturated heterocycles. The van der Waals surface area contributed by atoms with Crippen LogP contribution in [0.3, 0.4) is 0 Å². The third kappa shape index (κ3) is 2.82. The summed E-state index contributed by atoms with van der Waals surface area (Å²) < 4.78 is 5.23. The molecule has 0 aliphatic carbocycles. The first-order chi connectivity index (χ1) is 9.15. The molecule has 2 aromatic rings. The average Bonchev–Trinajstić information content (AvgIpc) is 2.41. The first kappa shape index (κ1) is 13.3. The van der Waals surface area contributed by atoms with E-state index in [1.807, 2.05) is 25.1 Å². The van der Waals surface area contributed by atoms with E-state index >= 15 is 0 Å². The Balaban J connectivity index is 2.44. The van der Waals surface area contributed by atoms with Gasteiger partial charge in [0, 0.05) is 17.7 Å². The number of benzene rings is 1. The molecule has 0 radical (unpaired) electrons. The van der Waals surface area contributed by atoms with Crippen LogP contribution in [-0.2, 0) is 6.54 Å². The monoisotopic (exact) mass is 259 g/mol. The van der Waals surface area contributed by atoms with Gasteiger partial charge in [0.1, 0.15) is 5.75 Å². The summed E-state index contributed by atoms with van der Waals surface area (Å²) in [5, 5.41) is 9.57. The van der Waals surface area contributed by atoms with Gasteiger partial charge in [-0.2, -0.15) is 5.10 Å². The molecule has 0 unspecified atom stereocenters. The highest BCUT2D eigenvalue weighted by molar-refractivity contribution is 5.62. The van der Waals surface area contributed by atoms with Crippen molar-refractivity contribution in [1.29, 1.82) is 0 Å². The van der Waals surface area contributed by atoms with E-state index < -0.39 is 0 Å². The molecule has 0 atom stereocenters. The van der Waals surface area contributed by atoms with Crippen molar-refractivity contribution in [3.05, 3.63) is 45.7 Å². The molecular formula is C14H17N3O2. The van der Waals surface area contributed by atoms with Crippen molar-refractivity contribution in [2.75, 3.05) is 14.2 Å². The van der Waals surface area contributed by atoms with Crippen LogP contribution in [0.2, 0.25) is 0 Å². The highest BCUT2D eigenvalue weighted by atomic mass is 16.5. The molecule has 0 aliphatic heterocycles. The highest BCUT2D eigenvalue weighted by Gasteiger charge is 2.07. The number of aromatic amines is 1. The molecule has 0 spiro atoms. The molecule has 2 N–H and O–H groups in total. The molecule has 0 bridgehead atoms. The topological polar surface area (TPSA) is 67.0 Å². The van der Waals surface area contributed by atoms with E-state index in [1.54, 1.807) is 20.2 Å². The summed E-state index contributed by atoms with van der Waals surface area (Å²) in [6.07, 6.45) is 0. The van der Waals surface area contributed by atoms with Gasteiger partial charge in [0.15, 0.2) is 0 Å². The van der Waals surface area contributed by atoms with Gasteiger partial charge in [-0.1, -0.05) is 0 Å². The molecule has 1 heterocycles. The lowest BCUT2D eigenvalue weighted by atomic mass is 10.1. The number of nitrogens with zero attached hydrogens (tertiary/aromatic N) is 1. The van der Waals surface area contributed by atoms with E-state index in [2.05, 4.69) is 15.5 Å². The Kier molecular flexibility index (Phi) is 3.97. The van der Waals surface area contributed by atoms with Crippen molar-refractivity contribution in [1.82, 2.24) is 15.5 Å². The first-order valence-electron chi connectivity index (χ1n) is 6.04. The largest absolute Gasteiger partial charge is 0.496 e. The fourth-order valence-corrected chi connectivity index (χ4v) is 1.95. The Hall–Kier alpha value is -2.14. The smallest absolute Gasteiger partial charge is 0.268 e. The Morgan fingerprint density at radius 3 is 2.79 bits per heavy atom. The fraction of sp³-hybridized carbons (Fsp3) is 0.286. The molecule has 19 heavy (non-hydrogen) atoms. The van der Waals surface area contributed by atoms with Gasteiger partial charge in [-0.15, -0.1) is 0 Å². The summed E-state index contributed by atoms with van der Waals surface area (Å²) >= 11 is 0. The van der Waals surface area contributed by atoms with Crippen LogP contribution >= 0.6 is 0 Å². The van der Waals surface area contributed by atoms with Gasteiger partial charge in [-0.25, -0.2) is 5.10 Å².